The van der Waals surface area contributed by atoms with Crippen molar-refractivity contribution in [3.05, 3.63) is 17.5 Å². The zero-order valence-electron chi connectivity index (χ0n) is 9.74. The van der Waals surface area contributed by atoms with Gasteiger partial charge in [-0.15, -0.1) is 0 Å². The fraction of sp³-hybridized carbons (Fsp3) is 0.636. The first-order valence-electron chi connectivity index (χ1n) is 5.37. The van der Waals surface area contributed by atoms with Crippen LogP contribution in [0.5, 0.6) is 0 Å². The van der Waals surface area contributed by atoms with E-state index < -0.39 is 0 Å². The molecule has 1 saturated heterocycles. The zero-order valence-corrected chi connectivity index (χ0v) is 10.6. The van der Waals surface area contributed by atoms with Gasteiger partial charge in [-0.25, -0.2) is 0 Å². The van der Waals surface area contributed by atoms with Gasteiger partial charge >= 0.3 is 7.12 Å². The molecule has 0 spiro atoms. The lowest BCUT2D eigenvalue weighted by Gasteiger charge is -2.35. The lowest BCUT2D eigenvalue weighted by atomic mass is 9.86. The second-order valence-electron chi connectivity index (χ2n) is 4.68. The molecule has 2 heterocycles. The Morgan fingerprint density at radius 2 is 2.07 bits per heavy atom. The van der Waals surface area contributed by atoms with Gasteiger partial charge in [0.1, 0.15) is 0 Å². The van der Waals surface area contributed by atoms with Crippen LogP contribution >= 0.6 is 11.3 Å². The molecule has 1 unspecified atom stereocenters. The normalized spacial score (nSPS) is 29.7. The summed E-state index contributed by atoms with van der Waals surface area (Å²) in [7, 11) is -0.190. The minimum Gasteiger partial charge on any atom is -0.399 e. The third-order valence-corrected chi connectivity index (χ3v) is 4.39. The van der Waals surface area contributed by atoms with Crippen molar-refractivity contribution < 1.29 is 9.31 Å². The van der Waals surface area contributed by atoms with E-state index >= 15 is 0 Å². The van der Waals surface area contributed by atoms with E-state index in [0.29, 0.717) is 0 Å². The molecule has 1 fully saturated rings. The molecule has 15 heavy (non-hydrogen) atoms. The van der Waals surface area contributed by atoms with Crippen LogP contribution in [-0.4, -0.2) is 18.3 Å². The van der Waals surface area contributed by atoms with Crippen LogP contribution in [0.2, 0.25) is 0 Å². The third kappa shape index (κ3) is 1.75. The number of hydrogen-bond donors (Lipinski definition) is 0. The van der Waals surface area contributed by atoms with E-state index in [1.165, 1.54) is 0 Å². The highest BCUT2D eigenvalue weighted by Gasteiger charge is 2.53. The molecule has 4 heteroatoms. The highest BCUT2D eigenvalue weighted by atomic mass is 32.1. The van der Waals surface area contributed by atoms with E-state index in [0.717, 1.165) is 11.2 Å². The summed E-state index contributed by atoms with van der Waals surface area (Å²) in [6.07, 6.45) is 0.960. The van der Waals surface area contributed by atoms with Crippen LogP contribution in [0.25, 0.3) is 0 Å². The van der Waals surface area contributed by atoms with Gasteiger partial charge in [-0.05, 0) is 32.6 Å². The number of hydrogen-bond acceptors (Lipinski definition) is 3. The second-order valence-corrected chi connectivity index (χ2v) is 5.66. The molecule has 0 amide bonds. The van der Waals surface area contributed by atoms with Crippen molar-refractivity contribution >= 4 is 23.2 Å². The molecule has 82 valence electrons. The van der Waals surface area contributed by atoms with E-state index in [-0.39, 0.29) is 18.3 Å². The summed E-state index contributed by atoms with van der Waals surface area (Å²) in [6, 6.07) is 4.09. The molecule has 1 aliphatic rings. The molecule has 1 atom stereocenters. The minimum absolute atomic E-state index is 0.190. The molecule has 0 radical (unpaired) electrons. The number of rotatable bonds is 2. The van der Waals surface area contributed by atoms with Gasteiger partial charge in [-0.3, -0.25) is 0 Å². The molecule has 0 aromatic carbocycles. The summed E-state index contributed by atoms with van der Waals surface area (Å²) >= 11 is 1.68. The fourth-order valence-corrected chi connectivity index (χ4v) is 2.52. The first kappa shape index (κ1) is 11.2. The monoisotopic (exact) mass is 224 g/mol. The van der Waals surface area contributed by atoms with Gasteiger partial charge in [-0.2, -0.15) is 11.3 Å². The summed E-state index contributed by atoms with van der Waals surface area (Å²) in [5.41, 5.74) is -0.419. The van der Waals surface area contributed by atoms with Gasteiger partial charge in [0.25, 0.3) is 0 Å². The van der Waals surface area contributed by atoms with E-state index in [1.54, 1.807) is 11.3 Å². The minimum atomic E-state index is -0.226. The highest BCUT2D eigenvalue weighted by molar-refractivity contribution is 7.20. The van der Waals surface area contributed by atoms with Gasteiger partial charge < -0.3 is 9.31 Å². The Morgan fingerprint density at radius 1 is 1.33 bits per heavy atom. The van der Waals surface area contributed by atoms with E-state index in [1.807, 2.05) is 6.07 Å². The Balaban J connectivity index is 2.23. The maximum atomic E-state index is 6.05. The quantitative estimate of drug-likeness (QED) is 0.718. The molecule has 0 bridgehead atoms. The summed E-state index contributed by atoms with van der Waals surface area (Å²) in [6.45, 7) is 8.47. The molecule has 2 nitrogen and oxygen atoms in total. The Morgan fingerprint density at radius 3 is 2.53 bits per heavy atom. The maximum absolute atomic E-state index is 6.05. The summed E-state index contributed by atoms with van der Waals surface area (Å²) in [4.78, 5) is 0. The largest absolute Gasteiger partial charge is 0.505 e. The predicted octanol–water partition coefficient (Wildman–Crippen LogP) is 2.44. The number of thiophene rings is 1. The second kappa shape index (κ2) is 3.61. The van der Waals surface area contributed by atoms with E-state index in [4.69, 9.17) is 9.31 Å². The van der Waals surface area contributed by atoms with Gasteiger partial charge in [0.15, 0.2) is 0 Å². The van der Waals surface area contributed by atoms with Gasteiger partial charge in [0.05, 0.1) is 11.2 Å². The van der Waals surface area contributed by atoms with Crippen LogP contribution in [-0.2, 0) is 9.31 Å². The highest BCUT2D eigenvalue weighted by Crippen LogP contribution is 2.39. The first-order chi connectivity index (χ1) is 6.98. The molecule has 1 aromatic heterocycles. The van der Waals surface area contributed by atoms with Gasteiger partial charge in [0.2, 0.25) is 0 Å². The Bertz CT molecular complexity index is 336. The van der Waals surface area contributed by atoms with Crippen molar-refractivity contribution in [3.63, 3.8) is 0 Å². The summed E-state index contributed by atoms with van der Waals surface area (Å²) in [5, 5.41) is 2.05. The average molecular weight is 224 g/mol. The Hall–Kier alpha value is -0.315. The van der Waals surface area contributed by atoms with Crippen LogP contribution in [0.4, 0.5) is 0 Å². The SMILES string of the molecule is CCC1(C)OB(c2cccs2)OC1(C)C. The van der Waals surface area contributed by atoms with Gasteiger partial charge in [0, 0.05) is 4.78 Å². The van der Waals surface area contributed by atoms with Gasteiger partial charge in [-0.1, -0.05) is 19.1 Å². The Labute approximate surface area is 95.7 Å². The Kier molecular flexibility index (Phi) is 2.69. The molecular weight excluding hydrogens is 207 g/mol. The third-order valence-electron chi connectivity index (χ3n) is 3.49. The fourth-order valence-electron chi connectivity index (χ4n) is 1.85. The summed E-state index contributed by atoms with van der Waals surface area (Å²) in [5.74, 6) is 0. The average Bonchev–Trinajstić information content (AvgIpc) is 2.74. The van der Waals surface area contributed by atoms with Crippen molar-refractivity contribution in [1.29, 1.82) is 0 Å². The molecule has 0 aliphatic carbocycles. The lowest BCUT2D eigenvalue weighted by molar-refractivity contribution is -0.0118. The van der Waals surface area contributed by atoms with Crippen LogP contribution in [0.1, 0.15) is 34.1 Å². The van der Waals surface area contributed by atoms with Crippen molar-refractivity contribution in [3.8, 4) is 0 Å². The maximum Gasteiger partial charge on any atom is 0.505 e. The zero-order chi connectivity index (χ0) is 11.1. The molecule has 1 aromatic rings. The van der Waals surface area contributed by atoms with Crippen LogP contribution in [0.3, 0.4) is 0 Å². The van der Waals surface area contributed by atoms with Crippen molar-refractivity contribution in [2.75, 3.05) is 0 Å². The first-order valence-corrected chi connectivity index (χ1v) is 6.25. The standard InChI is InChI=1S/C11H17BO2S/c1-5-11(4)10(2,3)13-12(14-11)9-7-6-8-15-9/h6-8H,5H2,1-4H3. The van der Waals surface area contributed by atoms with Crippen LogP contribution < -0.4 is 4.78 Å². The van der Waals surface area contributed by atoms with Crippen molar-refractivity contribution in [1.82, 2.24) is 0 Å². The molecule has 0 N–H and O–H groups in total. The van der Waals surface area contributed by atoms with Crippen molar-refractivity contribution in [2.24, 2.45) is 0 Å². The summed E-state index contributed by atoms with van der Waals surface area (Å²) < 4.78 is 13.2. The smallest absolute Gasteiger partial charge is 0.399 e. The van der Waals surface area contributed by atoms with Crippen molar-refractivity contribution in [2.45, 2.75) is 45.3 Å². The molecule has 2 rings (SSSR count). The van der Waals surface area contributed by atoms with Crippen LogP contribution in [0, 0.1) is 0 Å². The lowest BCUT2D eigenvalue weighted by Crippen LogP contribution is -2.44. The van der Waals surface area contributed by atoms with Crippen LogP contribution in [0.15, 0.2) is 17.5 Å². The predicted molar refractivity (Wildman–Crippen MR) is 64.7 cm³/mol. The van der Waals surface area contributed by atoms with E-state index in [2.05, 4.69) is 39.1 Å². The molecule has 1 aliphatic heterocycles. The van der Waals surface area contributed by atoms with E-state index in [9.17, 15) is 0 Å². The molecule has 0 saturated carbocycles. The molecular formula is C11H17BO2S. The topological polar surface area (TPSA) is 18.5 Å².